The van der Waals surface area contributed by atoms with Crippen LogP contribution in [-0.4, -0.2) is 33.8 Å². The van der Waals surface area contributed by atoms with Crippen LogP contribution in [0.1, 0.15) is 45.7 Å². The van der Waals surface area contributed by atoms with Crippen molar-refractivity contribution in [3.8, 4) is 0 Å². The molecule has 2 unspecified atom stereocenters. The molecule has 1 saturated carbocycles. The minimum absolute atomic E-state index is 0.229. The topological polar surface area (TPSA) is 88.5 Å². The molecule has 2 atom stereocenters. The number of carbonyl (C=O) groups is 2. The number of amides is 1. The number of carboxylic acid groups (broad SMARTS) is 1. The Morgan fingerprint density at radius 3 is 2.68 bits per heavy atom. The van der Waals surface area contributed by atoms with Gasteiger partial charge in [-0.1, -0.05) is 6.07 Å². The molecule has 6 nitrogen and oxygen atoms in total. The highest BCUT2D eigenvalue weighted by Gasteiger charge is 2.48. The second-order valence-corrected chi connectivity index (χ2v) is 6.69. The summed E-state index contributed by atoms with van der Waals surface area (Å²) < 4.78 is 5.22. The van der Waals surface area contributed by atoms with Gasteiger partial charge in [-0.15, -0.1) is 0 Å². The van der Waals surface area contributed by atoms with E-state index < -0.39 is 23.1 Å². The number of hydrogen-bond acceptors (Lipinski definition) is 4. The Bertz CT molecular complexity index is 553. The lowest BCUT2D eigenvalue weighted by molar-refractivity contribution is -0.143. The first-order chi connectivity index (χ1) is 10.2. The molecule has 120 valence electrons. The Kier molecular flexibility index (Phi) is 4.39. The lowest BCUT2D eigenvalue weighted by atomic mass is 9.82. The molecule has 0 bridgehead atoms. The first-order valence-corrected chi connectivity index (χ1v) is 7.37. The molecule has 1 aromatic rings. The van der Waals surface area contributed by atoms with Gasteiger partial charge in [0.2, 0.25) is 0 Å². The van der Waals surface area contributed by atoms with Crippen molar-refractivity contribution >= 4 is 12.1 Å². The number of aliphatic carboxylic acids is 1. The van der Waals surface area contributed by atoms with E-state index >= 15 is 0 Å². The van der Waals surface area contributed by atoms with E-state index in [1.54, 1.807) is 45.2 Å². The molecule has 0 saturated heterocycles. The molecule has 1 aliphatic carbocycles. The molecule has 6 heteroatoms. The van der Waals surface area contributed by atoms with Gasteiger partial charge in [-0.25, -0.2) is 4.79 Å². The fourth-order valence-corrected chi connectivity index (χ4v) is 2.83. The number of rotatable bonds is 3. The van der Waals surface area contributed by atoms with Crippen LogP contribution in [-0.2, 0) is 14.9 Å². The molecule has 0 aliphatic heterocycles. The van der Waals surface area contributed by atoms with Gasteiger partial charge in [-0.2, -0.15) is 0 Å². The molecule has 2 rings (SSSR count). The second-order valence-electron chi connectivity index (χ2n) is 6.69. The molecule has 1 aromatic heterocycles. The largest absolute Gasteiger partial charge is 0.481 e. The van der Waals surface area contributed by atoms with Crippen molar-refractivity contribution in [3.63, 3.8) is 0 Å². The average molecular weight is 306 g/mol. The van der Waals surface area contributed by atoms with Gasteiger partial charge < -0.3 is 15.2 Å². The summed E-state index contributed by atoms with van der Waals surface area (Å²) in [5.41, 5.74) is -1.08. The monoisotopic (exact) mass is 306 g/mol. The van der Waals surface area contributed by atoms with Crippen LogP contribution in [0.4, 0.5) is 4.79 Å². The Hall–Kier alpha value is -2.11. The molecule has 2 N–H and O–H groups in total. The number of pyridine rings is 1. The van der Waals surface area contributed by atoms with E-state index in [1.165, 1.54) is 0 Å². The summed E-state index contributed by atoms with van der Waals surface area (Å²) in [6.07, 6.45) is 2.43. The van der Waals surface area contributed by atoms with Gasteiger partial charge in [0.15, 0.2) is 0 Å². The Balaban J connectivity index is 2.09. The van der Waals surface area contributed by atoms with E-state index in [-0.39, 0.29) is 6.04 Å². The van der Waals surface area contributed by atoms with E-state index in [0.717, 1.165) is 0 Å². The maximum absolute atomic E-state index is 11.8. The average Bonchev–Trinajstić information content (AvgIpc) is 2.82. The maximum Gasteiger partial charge on any atom is 0.407 e. The Morgan fingerprint density at radius 1 is 1.41 bits per heavy atom. The number of aromatic nitrogens is 1. The number of nitrogens with zero attached hydrogens (tertiary/aromatic N) is 1. The number of ether oxygens (including phenoxy) is 1. The number of nitrogens with one attached hydrogen (secondary N) is 1. The SMILES string of the molecule is CC(C)(C)OC(=O)NC1CCC(C(=O)O)(c2ccccn2)C1. The highest BCUT2D eigenvalue weighted by Crippen LogP contribution is 2.40. The summed E-state index contributed by atoms with van der Waals surface area (Å²) in [6, 6.07) is 5.03. The normalized spacial score (nSPS) is 24.8. The summed E-state index contributed by atoms with van der Waals surface area (Å²) in [5.74, 6) is -0.903. The predicted molar refractivity (Wildman–Crippen MR) is 80.6 cm³/mol. The molecule has 0 spiro atoms. The van der Waals surface area contributed by atoms with Crippen molar-refractivity contribution in [2.75, 3.05) is 0 Å². The van der Waals surface area contributed by atoms with Crippen LogP contribution in [0.15, 0.2) is 24.4 Å². The summed E-state index contributed by atoms with van der Waals surface area (Å²) >= 11 is 0. The number of carboxylic acids is 1. The van der Waals surface area contributed by atoms with Crippen molar-refractivity contribution in [2.45, 2.75) is 57.1 Å². The van der Waals surface area contributed by atoms with Gasteiger partial charge in [0.1, 0.15) is 11.0 Å². The predicted octanol–water partition coefficient (Wildman–Crippen LogP) is 2.48. The van der Waals surface area contributed by atoms with E-state index in [0.29, 0.717) is 25.0 Å². The Labute approximate surface area is 129 Å². The number of hydrogen-bond donors (Lipinski definition) is 2. The molecule has 0 radical (unpaired) electrons. The van der Waals surface area contributed by atoms with E-state index in [2.05, 4.69) is 10.3 Å². The zero-order valence-electron chi connectivity index (χ0n) is 13.1. The molecule has 22 heavy (non-hydrogen) atoms. The van der Waals surface area contributed by atoms with E-state index in [9.17, 15) is 14.7 Å². The van der Waals surface area contributed by atoms with Crippen molar-refractivity contribution in [3.05, 3.63) is 30.1 Å². The summed E-state index contributed by atoms with van der Waals surface area (Å²) in [5, 5.41) is 12.4. The zero-order chi connectivity index (χ0) is 16.4. The molecule has 1 aliphatic rings. The third kappa shape index (κ3) is 3.55. The minimum Gasteiger partial charge on any atom is -0.481 e. The van der Waals surface area contributed by atoms with Crippen molar-refractivity contribution in [2.24, 2.45) is 0 Å². The smallest absolute Gasteiger partial charge is 0.407 e. The molecular formula is C16H22N2O4. The van der Waals surface area contributed by atoms with Crippen LogP contribution in [0, 0.1) is 0 Å². The van der Waals surface area contributed by atoms with Crippen molar-refractivity contribution in [1.29, 1.82) is 0 Å². The van der Waals surface area contributed by atoms with Gasteiger partial charge in [-0.05, 0) is 52.2 Å². The van der Waals surface area contributed by atoms with Gasteiger partial charge >= 0.3 is 12.1 Å². The minimum atomic E-state index is -1.04. The number of carbonyl (C=O) groups excluding carboxylic acids is 1. The molecule has 0 aromatic carbocycles. The van der Waals surface area contributed by atoms with Crippen LogP contribution in [0.5, 0.6) is 0 Å². The number of alkyl carbamates (subject to hydrolysis) is 1. The molecule has 1 heterocycles. The van der Waals surface area contributed by atoms with Crippen LogP contribution in [0.25, 0.3) is 0 Å². The molecular weight excluding hydrogens is 284 g/mol. The summed E-state index contributed by atoms with van der Waals surface area (Å²) in [6.45, 7) is 5.37. The van der Waals surface area contributed by atoms with E-state index in [4.69, 9.17) is 4.74 Å². The first-order valence-electron chi connectivity index (χ1n) is 7.37. The summed E-state index contributed by atoms with van der Waals surface area (Å²) in [7, 11) is 0. The fourth-order valence-electron chi connectivity index (χ4n) is 2.83. The van der Waals surface area contributed by atoms with Crippen LogP contribution >= 0.6 is 0 Å². The van der Waals surface area contributed by atoms with Crippen LogP contribution < -0.4 is 5.32 Å². The maximum atomic E-state index is 11.8. The standard InChI is InChI=1S/C16H22N2O4/c1-15(2,3)22-14(21)18-11-7-8-16(10-11,13(19)20)12-6-4-5-9-17-12/h4-6,9,11H,7-8,10H2,1-3H3,(H,18,21)(H,19,20). The highest BCUT2D eigenvalue weighted by atomic mass is 16.6. The van der Waals surface area contributed by atoms with Crippen LogP contribution in [0.2, 0.25) is 0 Å². The van der Waals surface area contributed by atoms with Crippen LogP contribution in [0.3, 0.4) is 0 Å². The van der Waals surface area contributed by atoms with Gasteiger partial charge in [-0.3, -0.25) is 9.78 Å². The first kappa shape index (κ1) is 16.3. The van der Waals surface area contributed by atoms with Crippen molar-refractivity contribution in [1.82, 2.24) is 10.3 Å². The fraction of sp³-hybridized carbons (Fsp3) is 0.562. The summed E-state index contributed by atoms with van der Waals surface area (Å²) in [4.78, 5) is 27.8. The van der Waals surface area contributed by atoms with Gasteiger partial charge in [0.25, 0.3) is 0 Å². The lowest BCUT2D eigenvalue weighted by Crippen LogP contribution is -2.40. The second kappa shape index (κ2) is 5.94. The quantitative estimate of drug-likeness (QED) is 0.895. The third-order valence-electron chi connectivity index (χ3n) is 3.80. The molecule has 1 amide bonds. The van der Waals surface area contributed by atoms with Crippen molar-refractivity contribution < 1.29 is 19.4 Å². The Morgan fingerprint density at radius 2 is 2.14 bits per heavy atom. The third-order valence-corrected chi connectivity index (χ3v) is 3.80. The van der Waals surface area contributed by atoms with E-state index in [1.807, 2.05) is 0 Å². The highest BCUT2D eigenvalue weighted by molar-refractivity contribution is 5.81. The molecule has 1 fully saturated rings. The van der Waals surface area contributed by atoms with Gasteiger partial charge in [0, 0.05) is 12.2 Å². The van der Waals surface area contributed by atoms with Gasteiger partial charge in [0.05, 0.1) is 5.69 Å². The lowest BCUT2D eigenvalue weighted by Gasteiger charge is -2.25. The zero-order valence-corrected chi connectivity index (χ0v) is 13.1.